The third-order valence-electron chi connectivity index (χ3n) is 1.29. The Morgan fingerprint density at radius 2 is 1.90 bits per heavy atom. The van der Waals surface area contributed by atoms with Crippen LogP contribution in [0.1, 0.15) is 33.6 Å². The van der Waals surface area contributed by atoms with Gasteiger partial charge in [-0.05, 0) is 0 Å². The maximum Gasteiger partial charge on any atom is 0.198 e. The Morgan fingerprint density at radius 1 is 1.40 bits per heavy atom. The quantitative estimate of drug-likeness (QED) is 0.596. The molecule has 0 aliphatic carbocycles. The molecule has 2 nitrogen and oxygen atoms in total. The van der Waals surface area contributed by atoms with Crippen molar-refractivity contribution in [1.29, 1.82) is 0 Å². The first-order valence-electron chi connectivity index (χ1n) is 3.37. The number of rotatable bonds is 3. The van der Waals surface area contributed by atoms with Gasteiger partial charge in [-0.3, -0.25) is 9.59 Å². The Labute approximate surface area is 61.6 Å². The van der Waals surface area contributed by atoms with Gasteiger partial charge in [0.1, 0.15) is 5.78 Å². The summed E-state index contributed by atoms with van der Waals surface area (Å²) in [5.41, 5.74) is -0.309. The molecule has 0 saturated heterocycles. The number of carbonyl (C=O) groups excluding carboxylic acids is 2. The average Bonchev–Trinajstić information content (AvgIpc) is 1.80. The highest BCUT2D eigenvalue weighted by Crippen LogP contribution is 2.16. The smallest absolute Gasteiger partial charge is 0.198 e. The lowest BCUT2D eigenvalue weighted by Crippen LogP contribution is -2.19. The van der Waals surface area contributed by atoms with Crippen molar-refractivity contribution < 1.29 is 9.59 Å². The number of carbonyl (C=O) groups is 1. The minimum atomic E-state index is -0.309. The van der Waals surface area contributed by atoms with Crippen LogP contribution in [0.5, 0.6) is 0 Å². The molecule has 10 heavy (non-hydrogen) atoms. The van der Waals surface area contributed by atoms with Crippen molar-refractivity contribution in [3.05, 3.63) is 0 Å². The van der Waals surface area contributed by atoms with Gasteiger partial charge in [-0.15, -0.1) is 0 Å². The van der Waals surface area contributed by atoms with Crippen molar-refractivity contribution in [2.45, 2.75) is 33.6 Å². The van der Waals surface area contributed by atoms with E-state index in [-0.39, 0.29) is 17.6 Å². The largest absolute Gasteiger partial charge is 0.299 e. The van der Waals surface area contributed by atoms with Gasteiger partial charge in [0.2, 0.25) is 0 Å². The first-order chi connectivity index (χ1) is 4.48. The Morgan fingerprint density at radius 3 is 2.20 bits per heavy atom. The molecule has 1 radical (unpaired) electrons. The van der Waals surface area contributed by atoms with E-state index in [1.54, 1.807) is 6.29 Å². The summed E-state index contributed by atoms with van der Waals surface area (Å²) in [7, 11) is 0. The minimum Gasteiger partial charge on any atom is -0.299 e. The zero-order valence-corrected chi connectivity index (χ0v) is 6.73. The molecule has 57 valence electrons. The number of Topliss-reactive ketones (excluding diaryl/α,β-unsaturated/α-hetero) is 1. The first-order valence-corrected chi connectivity index (χ1v) is 3.37. The molecule has 0 N–H and O–H groups in total. The molecule has 0 atom stereocenters. The summed E-state index contributed by atoms with van der Waals surface area (Å²) in [5.74, 6) is 0.121. The SMILES string of the molecule is CC(C)(C)C(=O)CC[C]=O. The molecule has 0 rings (SSSR count). The van der Waals surface area contributed by atoms with E-state index < -0.39 is 0 Å². The molecule has 0 aliphatic rings. The highest BCUT2D eigenvalue weighted by molar-refractivity contribution is 5.85. The monoisotopic (exact) mass is 141 g/mol. The van der Waals surface area contributed by atoms with Crippen LogP contribution in [0, 0.1) is 5.41 Å². The summed E-state index contributed by atoms with van der Waals surface area (Å²) >= 11 is 0. The predicted molar refractivity (Wildman–Crippen MR) is 39.4 cm³/mol. The number of hydrogen-bond acceptors (Lipinski definition) is 2. The molecule has 0 unspecified atom stereocenters. The van der Waals surface area contributed by atoms with E-state index in [4.69, 9.17) is 0 Å². The fraction of sp³-hybridized carbons (Fsp3) is 0.750. The van der Waals surface area contributed by atoms with E-state index in [1.807, 2.05) is 20.8 Å². The summed E-state index contributed by atoms with van der Waals surface area (Å²) in [4.78, 5) is 20.8. The Bertz CT molecular complexity index is 131. The molecule has 0 amide bonds. The molecular weight excluding hydrogens is 128 g/mol. The van der Waals surface area contributed by atoms with Gasteiger partial charge >= 0.3 is 0 Å². The summed E-state index contributed by atoms with van der Waals surface area (Å²) in [5, 5.41) is 0. The van der Waals surface area contributed by atoms with Crippen LogP contribution in [0.4, 0.5) is 0 Å². The van der Waals surface area contributed by atoms with Gasteiger partial charge in [0.25, 0.3) is 0 Å². The van der Waals surface area contributed by atoms with Crippen molar-refractivity contribution in [3.63, 3.8) is 0 Å². The molecule has 0 aromatic heterocycles. The Balaban J connectivity index is 3.74. The molecule has 0 aliphatic heterocycles. The van der Waals surface area contributed by atoms with Crippen molar-refractivity contribution in [3.8, 4) is 0 Å². The minimum absolute atomic E-state index is 0.121. The lowest BCUT2D eigenvalue weighted by Gasteiger charge is -2.14. The van der Waals surface area contributed by atoms with Gasteiger partial charge in [-0.1, -0.05) is 20.8 Å². The van der Waals surface area contributed by atoms with Crippen molar-refractivity contribution in [2.75, 3.05) is 0 Å². The summed E-state index contributed by atoms with van der Waals surface area (Å²) < 4.78 is 0. The topological polar surface area (TPSA) is 34.1 Å². The highest BCUT2D eigenvalue weighted by Gasteiger charge is 2.19. The van der Waals surface area contributed by atoms with E-state index in [9.17, 15) is 9.59 Å². The van der Waals surface area contributed by atoms with Gasteiger partial charge in [-0.25, -0.2) is 0 Å². The molecule has 0 heterocycles. The summed E-state index contributed by atoms with van der Waals surface area (Å²) in [6.45, 7) is 5.54. The standard InChI is InChI=1S/C8H13O2/c1-8(2,3)7(10)5-4-6-9/h4-5H2,1-3H3. The molecule has 2 heteroatoms. The van der Waals surface area contributed by atoms with Crippen molar-refractivity contribution in [1.82, 2.24) is 0 Å². The van der Waals surface area contributed by atoms with Crippen LogP contribution in [-0.2, 0) is 9.59 Å². The van der Waals surface area contributed by atoms with Crippen LogP contribution in [0.15, 0.2) is 0 Å². The molecule has 0 bridgehead atoms. The van der Waals surface area contributed by atoms with Crippen molar-refractivity contribution >= 4 is 12.1 Å². The second kappa shape index (κ2) is 3.49. The molecular formula is C8H13O2. The Hall–Kier alpha value is -0.660. The maximum atomic E-state index is 11.0. The zero-order valence-electron chi connectivity index (χ0n) is 6.73. The lowest BCUT2D eigenvalue weighted by molar-refractivity contribution is -0.126. The van der Waals surface area contributed by atoms with Crippen LogP contribution < -0.4 is 0 Å². The number of ketones is 1. The average molecular weight is 141 g/mol. The zero-order chi connectivity index (χ0) is 8.20. The predicted octanol–water partition coefficient (Wildman–Crippen LogP) is 1.49. The molecule has 0 aromatic rings. The molecule has 0 saturated carbocycles. The van der Waals surface area contributed by atoms with Gasteiger partial charge in [0, 0.05) is 18.3 Å². The van der Waals surface area contributed by atoms with E-state index >= 15 is 0 Å². The second-order valence-corrected chi connectivity index (χ2v) is 3.32. The van der Waals surface area contributed by atoms with Crippen LogP contribution >= 0.6 is 0 Å². The number of hydrogen-bond donors (Lipinski definition) is 0. The van der Waals surface area contributed by atoms with Crippen LogP contribution in [0.2, 0.25) is 0 Å². The normalized spacial score (nSPS) is 11.1. The van der Waals surface area contributed by atoms with Gasteiger partial charge < -0.3 is 0 Å². The van der Waals surface area contributed by atoms with Crippen LogP contribution in [0.25, 0.3) is 0 Å². The summed E-state index contributed by atoms with van der Waals surface area (Å²) in [6.07, 6.45) is 2.26. The van der Waals surface area contributed by atoms with E-state index in [2.05, 4.69) is 0 Å². The fourth-order valence-corrected chi connectivity index (χ4v) is 0.540. The summed E-state index contributed by atoms with van der Waals surface area (Å²) in [6, 6.07) is 0. The Kier molecular flexibility index (Phi) is 3.26. The van der Waals surface area contributed by atoms with Crippen molar-refractivity contribution in [2.24, 2.45) is 5.41 Å². The maximum absolute atomic E-state index is 11.0. The van der Waals surface area contributed by atoms with Gasteiger partial charge in [-0.2, -0.15) is 0 Å². The molecule has 0 aromatic carbocycles. The van der Waals surface area contributed by atoms with E-state index in [1.165, 1.54) is 0 Å². The third kappa shape index (κ3) is 3.38. The highest BCUT2D eigenvalue weighted by atomic mass is 16.1. The van der Waals surface area contributed by atoms with Gasteiger partial charge in [0.05, 0.1) is 0 Å². The third-order valence-corrected chi connectivity index (χ3v) is 1.29. The van der Waals surface area contributed by atoms with E-state index in [0.29, 0.717) is 6.42 Å². The van der Waals surface area contributed by atoms with Crippen LogP contribution in [-0.4, -0.2) is 12.1 Å². The molecule has 0 spiro atoms. The van der Waals surface area contributed by atoms with E-state index in [0.717, 1.165) is 0 Å². The van der Waals surface area contributed by atoms with Gasteiger partial charge in [0.15, 0.2) is 6.29 Å². The fourth-order valence-electron chi connectivity index (χ4n) is 0.540. The lowest BCUT2D eigenvalue weighted by atomic mass is 9.88. The molecule has 0 fully saturated rings. The first kappa shape index (κ1) is 9.34. The second-order valence-electron chi connectivity index (χ2n) is 3.32. The van der Waals surface area contributed by atoms with Crippen LogP contribution in [0.3, 0.4) is 0 Å².